The second-order valence-corrected chi connectivity index (χ2v) is 3.43. The molecule has 5 nitrogen and oxygen atoms in total. The van der Waals surface area contributed by atoms with Crippen LogP contribution in [-0.4, -0.2) is 21.7 Å². The van der Waals surface area contributed by atoms with Crippen molar-refractivity contribution in [3.05, 3.63) is 59.7 Å². The predicted octanol–water partition coefficient (Wildman–Crippen LogP) is 1.77. The third-order valence-corrected chi connectivity index (χ3v) is 1.94. The van der Waals surface area contributed by atoms with Crippen LogP contribution in [0.2, 0.25) is 0 Å². The molecule has 0 spiro atoms. The maximum absolute atomic E-state index is 12.4. The zero-order valence-corrected chi connectivity index (χ0v) is 11.5. The van der Waals surface area contributed by atoms with Gasteiger partial charge in [-0.05, 0) is 25.1 Å². The van der Waals surface area contributed by atoms with Gasteiger partial charge >= 0.3 is 0 Å². The number of aliphatic hydroxyl groups excluding tert-OH is 1. The van der Waals surface area contributed by atoms with E-state index in [0.717, 1.165) is 0 Å². The molecule has 0 amide bonds. The van der Waals surface area contributed by atoms with Crippen LogP contribution in [0.4, 0.5) is 8.78 Å². The van der Waals surface area contributed by atoms with Gasteiger partial charge in [0, 0.05) is 31.1 Å². The number of nitrogens with two attached hydrogens (primary N) is 1. The van der Waals surface area contributed by atoms with Gasteiger partial charge in [-0.15, -0.1) is 0 Å². The van der Waals surface area contributed by atoms with Crippen molar-refractivity contribution in [3.8, 4) is 6.07 Å². The van der Waals surface area contributed by atoms with E-state index in [1.807, 2.05) is 0 Å². The van der Waals surface area contributed by atoms with E-state index < -0.39 is 11.9 Å². The number of nitriles is 1. The van der Waals surface area contributed by atoms with Crippen molar-refractivity contribution in [1.29, 1.82) is 5.26 Å². The molecule has 2 aromatic rings. The Morgan fingerprint density at radius 2 is 1.71 bits per heavy atom. The molecule has 0 aliphatic carbocycles. The Kier molecular flexibility index (Phi) is 10.1. The fourth-order valence-electron chi connectivity index (χ4n) is 1.04. The summed E-state index contributed by atoms with van der Waals surface area (Å²) in [7, 11) is 0. The third kappa shape index (κ3) is 7.67. The lowest BCUT2D eigenvalue weighted by Crippen LogP contribution is -2.00. The lowest BCUT2D eigenvalue weighted by molar-refractivity contribution is 0.318. The van der Waals surface area contributed by atoms with Gasteiger partial charge in [-0.25, -0.2) is 9.97 Å². The summed E-state index contributed by atoms with van der Waals surface area (Å²) in [5, 5.41) is 15.8. The molecule has 21 heavy (non-hydrogen) atoms. The number of halogens is 2. The maximum atomic E-state index is 12.4. The first-order valence-electron chi connectivity index (χ1n) is 6.01. The van der Waals surface area contributed by atoms with Crippen molar-refractivity contribution in [1.82, 2.24) is 9.97 Å². The van der Waals surface area contributed by atoms with Crippen LogP contribution >= 0.6 is 0 Å². The minimum Gasteiger partial charge on any atom is -0.397 e. The highest BCUT2D eigenvalue weighted by Crippen LogP contribution is 2.00. The normalized spacial score (nSPS) is 8.57. The molecule has 0 aliphatic rings. The monoisotopic (exact) mass is 294 g/mol. The molecule has 3 N–H and O–H groups in total. The van der Waals surface area contributed by atoms with Crippen LogP contribution in [-0.2, 0) is 6.54 Å². The topological polar surface area (TPSA) is 95.8 Å². The van der Waals surface area contributed by atoms with Crippen LogP contribution < -0.4 is 5.73 Å². The summed E-state index contributed by atoms with van der Waals surface area (Å²) in [4.78, 5) is 6.66. The Bertz CT molecular complexity index is 567. The highest BCUT2D eigenvalue weighted by molar-refractivity contribution is 5.25. The number of hydrogen-bond donors (Lipinski definition) is 2. The van der Waals surface area contributed by atoms with Crippen LogP contribution in [0.5, 0.6) is 0 Å². The van der Waals surface area contributed by atoms with E-state index in [9.17, 15) is 8.78 Å². The number of rotatable bonds is 1. The molecule has 0 unspecified atom stereocenters. The number of hydrogen-bond acceptors (Lipinski definition) is 5. The Labute approximate surface area is 121 Å². The Morgan fingerprint density at radius 1 is 1.19 bits per heavy atom. The van der Waals surface area contributed by atoms with Crippen LogP contribution in [0.25, 0.3) is 0 Å². The zero-order valence-electron chi connectivity index (χ0n) is 11.5. The average molecular weight is 294 g/mol. The molecule has 0 saturated carbocycles. The standard InChI is InChI=1S/C6H7FN2.C6H3FN2.C2H6O/c2*7-6-5(4-8)2-1-3-9-6;1-2-3/h1-3H,4,8H2;1-3H;3H,2H2,1H3. The van der Waals surface area contributed by atoms with E-state index in [1.165, 1.54) is 24.5 Å². The highest BCUT2D eigenvalue weighted by Gasteiger charge is 1.97. The maximum Gasteiger partial charge on any atom is 0.230 e. The van der Waals surface area contributed by atoms with Gasteiger partial charge in [0.15, 0.2) is 0 Å². The number of aromatic nitrogens is 2. The molecular weight excluding hydrogens is 278 g/mol. The molecule has 0 fully saturated rings. The Hall–Kier alpha value is -2.43. The Morgan fingerprint density at radius 3 is 2.05 bits per heavy atom. The van der Waals surface area contributed by atoms with E-state index in [2.05, 4.69) is 9.97 Å². The van der Waals surface area contributed by atoms with E-state index >= 15 is 0 Å². The predicted molar refractivity (Wildman–Crippen MR) is 73.8 cm³/mol. The quantitative estimate of drug-likeness (QED) is 0.781. The van der Waals surface area contributed by atoms with Crippen molar-refractivity contribution >= 4 is 0 Å². The molecule has 0 saturated heterocycles. The van der Waals surface area contributed by atoms with Crippen molar-refractivity contribution in [3.63, 3.8) is 0 Å². The fraction of sp³-hybridized carbons (Fsp3) is 0.214. The molecule has 2 heterocycles. The number of pyridine rings is 2. The molecule has 0 aromatic carbocycles. The molecule has 0 atom stereocenters. The van der Waals surface area contributed by atoms with Crippen LogP contribution in [0.15, 0.2) is 36.7 Å². The zero-order chi connectivity index (χ0) is 16.1. The summed E-state index contributed by atoms with van der Waals surface area (Å²) in [6.45, 7) is 2.14. The van der Waals surface area contributed by atoms with Crippen molar-refractivity contribution in [2.45, 2.75) is 13.5 Å². The SMILES string of the molecule is CCO.N#Cc1cccnc1F.NCc1cccnc1F. The van der Waals surface area contributed by atoms with Crippen molar-refractivity contribution in [2.75, 3.05) is 6.61 Å². The summed E-state index contributed by atoms with van der Waals surface area (Å²) in [5.74, 6) is -1.18. The first-order chi connectivity index (χ1) is 10.1. The van der Waals surface area contributed by atoms with E-state index in [4.69, 9.17) is 16.1 Å². The van der Waals surface area contributed by atoms with Crippen molar-refractivity contribution < 1.29 is 13.9 Å². The summed E-state index contributed by atoms with van der Waals surface area (Å²) >= 11 is 0. The van der Waals surface area contributed by atoms with Gasteiger partial charge in [0.25, 0.3) is 0 Å². The summed E-state index contributed by atoms with van der Waals surface area (Å²) in [6, 6.07) is 7.82. The van der Waals surface area contributed by atoms with Gasteiger partial charge in [-0.1, -0.05) is 6.07 Å². The van der Waals surface area contributed by atoms with Gasteiger partial charge in [0.1, 0.15) is 11.6 Å². The molecule has 112 valence electrons. The van der Waals surface area contributed by atoms with E-state index in [1.54, 1.807) is 25.1 Å². The Balaban J connectivity index is 0.000000322. The van der Waals surface area contributed by atoms with Crippen molar-refractivity contribution in [2.24, 2.45) is 5.73 Å². The van der Waals surface area contributed by atoms with Gasteiger partial charge < -0.3 is 10.8 Å². The number of aliphatic hydroxyl groups is 1. The molecule has 0 aliphatic heterocycles. The molecule has 0 bridgehead atoms. The molecule has 7 heteroatoms. The fourth-order valence-corrected chi connectivity index (χ4v) is 1.04. The largest absolute Gasteiger partial charge is 0.397 e. The molecular formula is C14H16F2N4O. The molecule has 0 radical (unpaired) electrons. The average Bonchev–Trinajstić information content (AvgIpc) is 2.50. The molecule has 2 aromatic heterocycles. The second-order valence-electron chi connectivity index (χ2n) is 3.43. The van der Waals surface area contributed by atoms with Crippen LogP contribution in [0, 0.1) is 23.2 Å². The smallest absolute Gasteiger partial charge is 0.230 e. The lowest BCUT2D eigenvalue weighted by atomic mass is 10.3. The van der Waals surface area contributed by atoms with Gasteiger partial charge in [-0.2, -0.15) is 14.0 Å². The van der Waals surface area contributed by atoms with E-state index in [-0.39, 0.29) is 18.7 Å². The summed E-state index contributed by atoms with van der Waals surface area (Å²) in [6.07, 6.45) is 2.70. The second kappa shape index (κ2) is 11.4. The highest BCUT2D eigenvalue weighted by atomic mass is 19.1. The van der Waals surface area contributed by atoms with Gasteiger partial charge in [0.2, 0.25) is 11.9 Å². The van der Waals surface area contributed by atoms with Crippen LogP contribution in [0.3, 0.4) is 0 Å². The van der Waals surface area contributed by atoms with E-state index in [0.29, 0.717) is 5.56 Å². The van der Waals surface area contributed by atoms with Gasteiger partial charge in [0.05, 0.1) is 0 Å². The first kappa shape index (κ1) is 18.6. The van der Waals surface area contributed by atoms with Crippen LogP contribution in [0.1, 0.15) is 18.1 Å². The minimum atomic E-state index is -0.708. The lowest BCUT2D eigenvalue weighted by Gasteiger charge is -1.93. The summed E-state index contributed by atoms with van der Waals surface area (Å²) in [5.41, 5.74) is 5.61. The first-order valence-corrected chi connectivity index (χ1v) is 6.01. The molecule has 2 rings (SSSR count). The minimum absolute atomic E-state index is 0.0162. The van der Waals surface area contributed by atoms with Gasteiger partial charge in [-0.3, -0.25) is 0 Å². The third-order valence-electron chi connectivity index (χ3n) is 1.94. The number of nitrogens with zero attached hydrogens (tertiary/aromatic N) is 3. The summed E-state index contributed by atoms with van der Waals surface area (Å²) < 4.78 is 24.7.